The van der Waals surface area contributed by atoms with Gasteiger partial charge >= 0.3 is 0 Å². The highest BCUT2D eigenvalue weighted by molar-refractivity contribution is 6.29. The lowest BCUT2D eigenvalue weighted by Crippen LogP contribution is -2.26. The van der Waals surface area contributed by atoms with E-state index in [1.165, 1.54) is 0 Å². The summed E-state index contributed by atoms with van der Waals surface area (Å²) in [6, 6.07) is 14.6. The van der Waals surface area contributed by atoms with Crippen LogP contribution in [-0.2, 0) is 6.54 Å². The van der Waals surface area contributed by atoms with Crippen molar-refractivity contribution < 1.29 is 4.79 Å². The number of pyridine rings is 1. The highest BCUT2D eigenvalue weighted by Crippen LogP contribution is 2.19. The molecule has 2 heterocycles. The Bertz CT molecular complexity index is 837. The van der Waals surface area contributed by atoms with Crippen molar-refractivity contribution >= 4 is 17.5 Å². The molecule has 24 heavy (non-hydrogen) atoms. The maximum atomic E-state index is 12.6. The molecule has 0 N–H and O–H groups in total. The number of nitrogens with zero attached hydrogens (tertiary/aromatic N) is 4. The molecule has 0 aliphatic carbocycles. The maximum Gasteiger partial charge on any atom is 0.253 e. The SMILES string of the molecule is CN(Cc1ccncc1)C(=O)c1cccc(-c2ccc(Cl)nn2)c1. The van der Waals surface area contributed by atoms with Crippen LogP contribution in [0.1, 0.15) is 15.9 Å². The van der Waals surface area contributed by atoms with Crippen LogP contribution in [0.3, 0.4) is 0 Å². The number of benzene rings is 1. The van der Waals surface area contributed by atoms with Gasteiger partial charge in [-0.1, -0.05) is 23.7 Å². The van der Waals surface area contributed by atoms with Gasteiger partial charge < -0.3 is 4.90 Å². The Kier molecular flexibility index (Phi) is 4.82. The monoisotopic (exact) mass is 338 g/mol. The fourth-order valence-corrected chi connectivity index (χ4v) is 2.44. The van der Waals surface area contributed by atoms with Gasteiger partial charge in [-0.25, -0.2) is 0 Å². The lowest BCUT2D eigenvalue weighted by Gasteiger charge is -2.17. The van der Waals surface area contributed by atoms with E-state index in [9.17, 15) is 4.79 Å². The molecule has 0 spiro atoms. The summed E-state index contributed by atoms with van der Waals surface area (Å²) in [5.41, 5.74) is 3.12. The Balaban J connectivity index is 1.80. The van der Waals surface area contributed by atoms with Crippen molar-refractivity contribution in [3.63, 3.8) is 0 Å². The summed E-state index contributed by atoms with van der Waals surface area (Å²) in [5, 5.41) is 8.22. The van der Waals surface area contributed by atoms with Crippen LogP contribution < -0.4 is 0 Å². The van der Waals surface area contributed by atoms with Crippen molar-refractivity contribution in [2.24, 2.45) is 0 Å². The van der Waals surface area contributed by atoms with Gasteiger partial charge in [0.05, 0.1) is 5.69 Å². The minimum absolute atomic E-state index is 0.0596. The zero-order valence-electron chi connectivity index (χ0n) is 13.1. The van der Waals surface area contributed by atoms with Crippen LogP contribution >= 0.6 is 11.6 Å². The van der Waals surface area contributed by atoms with Crippen molar-refractivity contribution in [1.82, 2.24) is 20.1 Å². The van der Waals surface area contributed by atoms with Crippen LogP contribution in [0, 0.1) is 0 Å². The zero-order valence-corrected chi connectivity index (χ0v) is 13.8. The zero-order chi connectivity index (χ0) is 16.9. The van der Waals surface area contributed by atoms with E-state index in [1.54, 1.807) is 42.5 Å². The number of carbonyl (C=O) groups excluding carboxylic acids is 1. The standard InChI is InChI=1S/C18H15ClN4O/c1-23(12-13-7-9-20-10-8-13)18(24)15-4-2-3-14(11-15)16-5-6-17(19)22-21-16/h2-11H,12H2,1H3. The average Bonchev–Trinajstić information content (AvgIpc) is 2.62. The summed E-state index contributed by atoms with van der Waals surface area (Å²) >= 11 is 5.76. The molecule has 0 unspecified atom stereocenters. The number of halogens is 1. The van der Waals surface area contributed by atoms with Gasteiger partial charge in [0, 0.05) is 37.1 Å². The topological polar surface area (TPSA) is 59.0 Å². The van der Waals surface area contributed by atoms with E-state index < -0.39 is 0 Å². The van der Waals surface area contributed by atoms with Crippen molar-refractivity contribution in [2.45, 2.75) is 6.54 Å². The first-order chi connectivity index (χ1) is 11.6. The van der Waals surface area contributed by atoms with Crippen molar-refractivity contribution in [1.29, 1.82) is 0 Å². The lowest BCUT2D eigenvalue weighted by atomic mass is 10.1. The van der Waals surface area contributed by atoms with Gasteiger partial charge in [0.25, 0.3) is 5.91 Å². The molecule has 0 aliphatic rings. The molecular formula is C18H15ClN4O. The third-order valence-corrected chi connectivity index (χ3v) is 3.75. The number of aromatic nitrogens is 3. The summed E-state index contributed by atoms with van der Waals surface area (Å²) in [4.78, 5) is 18.3. The summed E-state index contributed by atoms with van der Waals surface area (Å²) in [5.74, 6) is -0.0596. The third kappa shape index (κ3) is 3.75. The van der Waals surface area contributed by atoms with Crippen molar-refractivity contribution in [2.75, 3.05) is 7.05 Å². The summed E-state index contributed by atoms with van der Waals surface area (Å²) in [6.45, 7) is 0.520. The number of hydrogen-bond acceptors (Lipinski definition) is 4. The molecule has 6 heteroatoms. The van der Waals surface area contributed by atoms with Gasteiger partial charge in [-0.3, -0.25) is 9.78 Å². The lowest BCUT2D eigenvalue weighted by molar-refractivity contribution is 0.0785. The van der Waals surface area contributed by atoms with E-state index in [2.05, 4.69) is 15.2 Å². The van der Waals surface area contributed by atoms with E-state index >= 15 is 0 Å². The van der Waals surface area contributed by atoms with Crippen LogP contribution in [0.25, 0.3) is 11.3 Å². The first-order valence-electron chi connectivity index (χ1n) is 7.37. The quantitative estimate of drug-likeness (QED) is 0.731. The molecule has 0 atom stereocenters. The Hall–Kier alpha value is -2.79. The summed E-state index contributed by atoms with van der Waals surface area (Å²) in [7, 11) is 1.78. The van der Waals surface area contributed by atoms with E-state index in [0.717, 1.165) is 11.1 Å². The smallest absolute Gasteiger partial charge is 0.253 e. The normalized spacial score (nSPS) is 10.4. The minimum Gasteiger partial charge on any atom is -0.337 e. The number of rotatable bonds is 4. The Morgan fingerprint density at radius 2 is 1.88 bits per heavy atom. The summed E-state index contributed by atoms with van der Waals surface area (Å²) in [6.07, 6.45) is 3.43. The molecule has 0 bridgehead atoms. The molecule has 0 fully saturated rings. The van der Waals surface area contributed by atoms with Gasteiger partial charge in [-0.05, 0) is 42.0 Å². The third-order valence-electron chi connectivity index (χ3n) is 3.55. The minimum atomic E-state index is -0.0596. The largest absolute Gasteiger partial charge is 0.337 e. The predicted octanol–water partition coefficient (Wildman–Crippen LogP) is 3.46. The Labute approximate surface area is 144 Å². The van der Waals surface area contributed by atoms with Gasteiger partial charge in [-0.15, -0.1) is 10.2 Å². The van der Waals surface area contributed by atoms with Crippen molar-refractivity contribution in [3.05, 3.63) is 77.2 Å². The van der Waals surface area contributed by atoms with Gasteiger partial charge in [0.1, 0.15) is 0 Å². The molecule has 0 saturated heterocycles. The second-order valence-electron chi connectivity index (χ2n) is 5.34. The van der Waals surface area contributed by atoms with E-state index in [-0.39, 0.29) is 5.91 Å². The predicted molar refractivity (Wildman–Crippen MR) is 92.5 cm³/mol. The number of hydrogen-bond donors (Lipinski definition) is 0. The molecule has 3 rings (SSSR count). The molecular weight excluding hydrogens is 324 g/mol. The molecule has 0 aliphatic heterocycles. The molecule has 1 aromatic carbocycles. The van der Waals surface area contributed by atoms with E-state index in [0.29, 0.717) is 23.0 Å². The Morgan fingerprint density at radius 1 is 1.08 bits per heavy atom. The van der Waals surface area contributed by atoms with Crippen LogP contribution in [0.5, 0.6) is 0 Å². The van der Waals surface area contributed by atoms with Crippen molar-refractivity contribution in [3.8, 4) is 11.3 Å². The molecule has 0 radical (unpaired) electrons. The molecule has 1 amide bonds. The fourth-order valence-electron chi connectivity index (χ4n) is 2.34. The van der Waals surface area contributed by atoms with E-state index in [1.807, 2.05) is 30.3 Å². The molecule has 120 valence electrons. The maximum absolute atomic E-state index is 12.6. The van der Waals surface area contributed by atoms with Gasteiger partial charge in [0.15, 0.2) is 5.15 Å². The van der Waals surface area contributed by atoms with Crippen LogP contribution in [0.15, 0.2) is 60.9 Å². The summed E-state index contributed by atoms with van der Waals surface area (Å²) < 4.78 is 0. The fraction of sp³-hybridized carbons (Fsp3) is 0.111. The second-order valence-corrected chi connectivity index (χ2v) is 5.73. The number of amides is 1. The van der Waals surface area contributed by atoms with Gasteiger partial charge in [0.2, 0.25) is 0 Å². The van der Waals surface area contributed by atoms with E-state index in [4.69, 9.17) is 11.6 Å². The molecule has 0 saturated carbocycles. The molecule has 3 aromatic rings. The molecule has 2 aromatic heterocycles. The van der Waals surface area contributed by atoms with Gasteiger partial charge in [-0.2, -0.15) is 0 Å². The molecule has 5 nitrogen and oxygen atoms in total. The highest BCUT2D eigenvalue weighted by atomic mass is 35.5. The second kappa shape index (κ2) is 7.19. The first-order valence-corrected chi connectivity index (χ1v) is 7.75. The average molecular weight is 339 g/mol. The highest BCUT2D eigenvalue weighted by Gasteiger charge is 2.13. The Morgan fingerprint density at radius 3 is 2.58 bits per heavy atom. The van der Waals surface area contributed by atoms with Crippen LogP contribution in [-0.4, -0.2) is 33.0 Å². The van der Waals surface area contributed by atoms with Crippen LogP contribution in [0.4, 0.5) is 0 Å². The first kappa shape index (κ1) is 16.1. The number of carbonyl (C=O) groups is 1. The van der Waals surface area contributed by atoms with Crippen LogP contribution in [0.2, 0.25) is 5.15 Å².